The second kappa shape index (κ2) is 8.67. The summed E-state index contributed by atoms with van der Waals surface area (Å²) in [5.41, 5.74) is 2.09. The molecule has 4 heteroatoms. The summed E-state index contributed by atoms with van der Waals surface area (Å²) in [6.45, 7) is 5.67. The highest BCUT2D eigenvalue weighted by molar-refractivity contribution is 5.91. The normalized spacial score (nSPS) is 17.9. The zero-order chi connectivity index (χ0) is 17.5. The Morgan fingerprint density at radius 1 is 1.16 bits per heavy atom. The fraction of sp³-hybridized carbons (Fsp3) is 0.381. The number of anilines is 1. The van der Waals surface area contributed by atoms with E-state index in [2.05, 4.69) is 29.3 Å². The highest BCUT2D eigenvalue weighted by atomic mass is 16.5. The SMILES string of the molecule is CC1CCCN(Cc2ccc(NC(=O)COc3ccccc3)cc2)C1. The summed E-state index contributed by atoms with van der Waals surface area (Å²) in [6, 6.07) is 17.5. The number of carbonyl (C=O) groups excluding carboxylic acids is 1. The highest BCUT2D eigenvalue weighted by Crippen LogP contribution is 2.19. The van der Waals surface area contributed by atoms with Gasteiger partial charge in [-0.05, 0) is 55.1 Å². The van der Waals surface area contributed by atoms with Crippen LogP contribution in [-0.2, 0) is 11.3 Å². The van der Waals surface area contributed by atoms with Crippen LogP contribution in [0.1, 0.15) is 25.3 Å². The number of rotatable bonds is 6. The predicted octanol–water partition coefficient (Wildman–Crippen LogP) is 3.94. The molecule has 1 aliphatic rings. The number of ether oxygens (including phenoxy) is 1. The molecule has 1 N–H and O–H groups in total. The van der Waals surface area contributed by atoms with Gasteiger partial charge in [0.05, 0.1) is 0 Å². The van der Waals surface area contributed by atoms with E-state index in [9.17, 15) is 4.79 Å². The molecule has 1 aliphatic heterocycles. The van der Waals surface area contributed by atoms with E-state index in [0.717, 1.165) is 18.2 Å². The van der Waals surface area contributed by atoms with Crippen molar-refractivity contribution in [1.29, 1.82) is 0 Å². The quantitative estimate of drug-likeness (QED) is 0.867. The standard InChI is InChI=1S/C21H26N2O2/c1-17-6-5-13-23(14-17)15-18-9-11-19(12-10-18)22-21(24)16-25-20-7-3-2-4-8-20/h2-4,7-12,17H,5-6,13-16H2,1H3,(H,22,24). The molecule has 3 rings (SSSR count). The van der Waals surface area contributed by atoms with E-state index in [-0.39, 0.29) is 12.5 Å². The summed E-state index contributed by atoms with van der Waals surface area (Å²) in [5.74, 6) is 1.34. The lowest BCUT2D eigenvalue weighted by Gasteiger charge is -2.30. The molecular weight excluding hydrogens is 312 g/mol. The van der Waals surface area contributed by atoms with E-state index >= 15 is 0 Å². The molecule has 132 valence electrons. The summed E-state index contributed by atoms with van der Waals surface area (Å²) < 4.78 is 5.46. The Bertz CT molecular complexity index is 670. The van der Waals surface area contributed by atoms with E-state index in [1.54, 1.807) is 0 Å². The molecule has 1 unspecified atom stereocenters. The fourth-order valence-corrected chi connectivity index (χ4v) is 3.24. The molecule has 1 heterocycles. The van der Waals surface area contributed by atoms with Crippen LogP contribution in [0.4, 0.5) is 5.69 Å². The largest absolute Gasteiger partial charge is 0.484 e. The molecule has 0 saturated carbocycles. The molecule has 0 aliphatic carbocycles. The second-order valence-electron chi connectivity index (χ2n) is 6.83. The molecule has 2 aromatic carbocycles. The molecule has 0 spiro atoms. The van der Waals surface area contributed by atoms with Crippen LogP contribution >= 0.6 is 0 Å². The number of amides is 1. The molecule has 0 radical (unpaired) electrons. The Balaban J connectivity index is 1.46. The summed E-state index contributed by atoms with van der Waals surface area (Å²) in [7, 11) is 0. The first-order valence-electron chi connectivity index (χ1n) is 8.98. The van der Waals surface area contributed by atoms with Crippen molar-refractivity contribution in [2.75, 3.05) is 25.0 Å². The first-order chi connectivity index (χ1) is 12.2. The van der Waals surface area contributed by atoms with Crippen LogP contribution in [0.25, 0.3) is 0 Å². The molecule has 1 amide bonds. The van der Waals surface area contributed by atoms with Crippen molar-refractivity contribution in [3.05, 3.63) is 60.2 Å². The summed E-state index contributed by atoms with van der Waals surface area (Å²) in [5, 5.41) is 2.87. The minimum Gasteiger partial charge on any atom is -0.484 e. The Morgan fingerprint density at radius 2 is 1.92 bits per heavy atom. The van der Waals surface area contributed by atoms with Crippen molar-refractivity contribution in [2.24, 2.45) is 5.92 Å². The maximum atomic E-state index is 12.0. The lowest BCUT2D eigenvalue weighted by molar-refractivity contribution is -0.118. The first kappa shape index (κ1) is 17.5. The maximum absolute atomic E-state index is 12.0. The van der Waals surface area contributed by atoms with Crippen LogP contribution < -0.4 is 10.1 Å². The molecule has 1 atom stereocenters. The van der Waals surface area contributed by atoms with Gasteiger partial charge in [-0.1, -0.05) is 37.3 Å². The van der Waals surface area contributed by atoms with E-state index in [1.165, 1.54) is 31.5 Å². The zero-order valence-corrected chi connectivity index (χ0v) is 14.8. The molecular formula is C21H26N2O2. The minimum atomic E-state index is -0.151. The number of hydrogen-bond donors (Lipinski definition) is 1. The van der Waals surface area contributed by atoms with Gasteiger partial charge in [-0.15, -0.1) is 0 Å². The molecule has 1 fully saturated rings. The van der Waals surface area contributed by atoms with E-state index in [0.29, 0.717) is 5.75 Å². The number of piperidine rings is 1. The van der Waals surface area contributed by atoms with E-state index in [1.807, 2.05) is 42.5 Å². The number of benzene rings is 2. The van der Waals surface area contributed by atoms with Crippen LogP contribution in [0, 0.1) is 5.92 Å². The first-order valence-corrected chi connectivity index (χ1v) is 8.98. The number of likely N-dealkylation sites (tertiary alicyclic amines) is 1. The molecule has 0 aromatic heterocycles. The number of carbonyl (C=O) groups is 1. The van der Waals surface area contributed by atoms with Crippen LogP contribution in [0.3, 0.4) is 0 Å². The predicted molar refractivity (Wildman–Crippen MR) is 101 cm³/mol. The Morgan fingerprint density at radius 3 is 2.64 bits per heavy atom. The Kier molecular flexibility index (Phi) is 6.07. The monoisotopic (exact) mass is 338 g/mol. The van der Waals surface area contributed by atoms with Gasteiger partial charge in [-0.3, -0.25) is 9.69 Å². The average molecular weight is 338 g/mol. The molecule has 1 saturated heterocycles. The fourth-order valence-electron chi connectivity index (χ4n) is 3.24. The highest BCUT2D eigenvalue weighted by Gasteiger charge is 2.16. The summed E-state index contributed by atoms with van der Waals surface area (Å²) >= 11 is 0. The lowest BCUT2D eigenvalue weighted by atomic mass is 10.00. The van der Waals surface area contributed by atoms with Gasteiger partial charge in [-0.2, -0.15) is 0 Å². The van der Waals surface area contributed by atoms with E-state index < -0.39 is 0 Å². The number of para-hydroxylation sites is 1. The van der Waals surface area contributed by atoms with Crippen molar-refractivity contribution in [3.8, 4) is 5.75 Å². The van der Waals surface area contributed by atoms with Gasteiger partial charge in [0.25, 0.3) is 5.91 Å². The van der Waals surface area contributed by atoms with Crippen LogP contribution in [0.15, 0.2) is 54.6 Å². The molecule has 2 aromatic rings. The number of nitrogens with one attached hydrogen (secondary N) is 1. The third kappa shape index (κ3) is 5.61. The van der Waals surface area contributed by atoms with Crippen LogP contribution in [-0.4, -0.2) is 30.5 Å². The molecule has 4 nitrogen and oxygen atoms in total. The zero-order valence-electron chi connectivity index (χ0n) is 14.8. The van der Waals surface area contributed by atoms with Crippen molar-refractivity contribution >= 4 is 11.6 Å². The van der Waals surface area contributed by atoms with Gasteiger partial charge in [0.15, 0.2) is 6.61 Å². The number of hydrogen-bond acceptors (Lipinski definition) is 3. The summed E-state index contributed by atoms with van der Waals surface area (Å²) in [6.07, 6.45) is 2.63. The van der Waals surface area contributed by atoms with E-state index in [4.69, 9.17) is 4.74 Å². The van der Waals surface area contributed by atoms with Gasteiger partial charge in [0.2, 0.25) is 0 Å². The van der Waals surface area contributed by atoms with Gasteiger partial charge < -0.3 is 10.1 Å². The van der Waals surface area contributed by atoms with Gasteiger partial charge in [0.1, 0.15) is 5.75 Å². The Labute approximate surface area is 149 Å². The Hall–Kier alpha value is -2.33. The van der Waals surface area contributed by atoms with Crippen molar-refractivity contribution < 1.29 is 9.53 Å². The second-order valence-corrected chi connectivity index (χ2v) is 6.83. The van der Waals surface area contributed by atoms with Gasteiger partial charge in [0, 0.05) is 18.8 Å². The van der Waals surface area contributed by atoms with Crippen molar-refractivity contribution in [1.82, 2.24) is 4.90 Å². The van der Waals surface area contributed by atoms with Gasteiger partial charge >= 0.3 is 0 Å². The topological polar surface area (TPSA) is 41.6 Å². The van der Waals surface area contributed by atoms with Crippen LogP contribution in [0.2, 0.25) is 0 Å². The third-order valence-corrected chi connectivity index (χ3v) is 4.50. The van der Waals surface area contributed by atoms with Crippen molar-refractivity contribution in [2.45, 2.75) is 26.3 Å². The third-order valence-electron chi connectivity index (χ3n) is 4.50. The molecule has 0 bridgehead atoms. The van der Waals surface area contributed by atoms with Crippen molar-refractivity contribution in [3.63, 3.8) is 0 Å². The number of nitrogens with zero attached hydrogens (tertiary/aromatic N) is 1. The smallest absolute Gasteiger partial charge is 0.262 e. The summed E-state index contributed by atoms with van der Waals surface area (Å²) in [4.78, 5) is 14.5. The average Bonchev–Trinajstić information content (AvgIpc) is 2.63. The van der Waals surface area contributed by atoms with Gasteiger partial charge in [-0.25, -0.2) is 0 Å². The lowest BCUT2D eigenvalue weighted by Crippen LogP contribution is -2.33. The van der Waals surface area contributed by atoms with Crippen LogP contribution in [0.5, 0.6) is 5.75 Å². The maximum Gasteiger partial charge on any atom is 0.262 e. The molecule has 25 heavy (non-hydrogen) atoms. The minimum absolute atomic E-state index is 0.0113.